The number of benzene rings is 1. The summed E-state index contributed by atoms with van der Waals surface area (Å²) >= 11 is 8.04. The fraction of sp³-hybridized carbons (Fsp3) is 0.444. The quantitative estimate of drug-likeness (QED) is 0.344. The number of halogens is 2. The number of thiazole rings is 1. The van der Waals surface area contributed by atoms with Crippen LogP contribution in [0.5, 0.6) is 11.5 Å². The molecule has 0 amide bonds. The molecule has 9 heteroatoms. The SMILES string of the molecule is CCc1cnc(CCNC(=NC)NCc2cc(Cl)c3c(c2)OCCO3)s1.I. The zero-order chi connectivity index (χ0) is 18.4. The Bertz CT molecular complexity index is 785. The molecule has 2 aromatic rings. The predicted octanol–water partition coefficient (Wildman–Crippen LogP) is 3.66. The van der Waals surface area contributed by atoms with E-state index in [9.17, 15) is 0 Å². The number of rotatable bonds is 6. The molecule has 0 atom stereocenters. The van der Waals surface area contributed by atoms with Gasteiger partial charge in [0, 0.05) is 37.6 Å². The van der Waals surface area contributed by atoms with Crippen LogP contribution < -0.4 is 20.1 Å². The maximum atomic E-state index is 6.28. The van der Waals surface area contributed by atoms with Gasteiger partial charge in [-0.2, -0.15) is 0 Å². The molecule has 1 aliphatic heterocycles. The van der Waals surface area contributed by atoms with Crippen LogP contribution in [0, 0.1) is 0 Å². The van der Waals surface area contributed by atoms with Gasteiger partial charge >= 0.3 is 0 Å². The number of nitrogens with one attached hydrogen (secondary N) is 2. The molecule has 0 aliphatic carbocycles. The highest BCUT2D eigenvalue weighted by atomic mass is 127. The summed E-state index contributed by atoms with van der Waals surface area (Å²) in [5.41, 5.74) is 1.01. The van der Waals surface area contributed by atoms with Gasteiger partial charge in [0.15, 0.2) is 17.5 Å². The average Bonchev–Trinajstić information content (AvgIpc) is 3.12. The summed E-state index contributed by atoms with van der Waals surface area (Å²) in [6, 6.07) is 3.83. The second-order valence-corrected chi connectivity index (χ2v) is 7.39. The highest BCUT2D eigenvalue weighted by molar-refractivity contribution is 14.0. The lowest BCUT2D eigenvalue weighted by molar-refractivity contribution is 0.171. The van der Waals surface area contributed by atoms with Gasteiger partial charge in [0.25, 0.3) is 0 Å². The Hall–Kier alpha value is -1.26. The van der Waals surface area contributed by atoms with Crippen molar-refractivity contribution in [2.75, 3.05) is 26.8 Å². The molecule has 0 bridgehead atoms. The van der Waals surface area contributed by atoms with Crippen LogP contribution >= 0.6 is 46.9 Å². The number of aryl methyl sites for hydroxylation is 1. The van der Waals surface area contributed by atoms with Crippen molar-refractivity contribution in [3.05, 3.63) is 38.8 Å². The lowest BCUT2D eigenvalue weighted by Gasteiger charge is -2.20. The van der Waals surface area contributed by atoms with Crippen LogP contribution in [0.4, 0.5) is 0 Å². The van der Waals surface area contributed by atoms with Crippen molar-refractivity contribution in [2.24, 2.45) is 4.99 Å². The minimum absolute atomic E-state index is 0. The smallest absolute Gasteiger partial charge is 0.191 e. The topological polar surface area (TPSA) is 67.8 Å². The summed E-state index contributed by atoms with van der Waals surface area (Å²) < 4.78 is 11.2. The molecule has 6 nitrogen and oxygen atoms in total. The average molecular weight is 523 g/mol. The van der Waals surface area contributed by atoms with Crippen LogP contribution in [0.3, 0.4) is 0 Å². The molecule has 1 aromatic carbocycles. The first-order valence-electron chi connectivity index (χ1n) is 8.65. The van der Waals surface area contributed by atoms with Crippen LogP contribution in [0.2, 0.25) is 5.02 Å². The molecule has 1 aromatic heterocycles. The summed E-state index contributed by atoms with van der Waals surface area (Å²) in [7, 11) is 1.75. The van der Waals surface area contributed by atoms with Gasteiger partial charge in [-0.05, 0) is 24.1 Å². The molecule has 148 valence electrons. The maximum absolute atomic E-state index is 6.28. The Balaban J connectivity index is 0.00000261. The third-order valence-electron chi connectivity index (χ3n) is 3.92. The van der Waals surface area contributed by atoms with Crippen molar-refractivity contribution in [1.29, 1.82) is 0 Å². The molecule has 0 fully saturated rings. The van der Waals surface area contributed by atoms with Gasteiger partial charge in [0.05, 0.1) is 10.0 Å². The Morgan fingerprint density at radius 2 is 2.11 bits per heavy atom. The largest absolute Gasteiger partial charge is 0.486 e. The van der Waals surface area contributed by atoms with Crippen molar-refractivity contribution in [2.45, 2.75) is 26.3 Å². The van der Waals surface area contributed by atoms with Crippen LogP contribution in [0.25, 0.3) is 0 Å². The van der Waals surface area contributed by atoms with Gasteiger partial charge in [-0.25, -0.2) is 4.98 Å². The third-order valence-corrected chi connectivity index (χ3v) is 5.40. The first-order chi connectivity index (χ1) is 12.7. The van der Waals surface area contributed by atoms with E-state index >= 15 is 0 Å². The van der Waals surface area contributed by atoms with Gasteiger partial charge in [0.2, 0.25) is 0 Å². The van der Waals surface area contributed by atoms with E-state index in [0.29, 0.717) is 36.3 Å². The van der Waals surface area contributed by atoms with Crippen LogP contribution in [0.1, 0.15) is 22.4 Å². The molecular weight excluding hydrogens is 499 g/mol. The van der Waals surface area contributed by atoms with Crippen LogP contribution in [-0.4, -0.2) is 37.7 Å². The van der Waals surface area contributed by atoms with E-state index in [4.69, 9.17) is 21.1 Å². The van der Waals surface area contributed by atoms with Crippen LogP contribution in [0.15, 0.2) is 23.3 Å². The molecule has 3 rings (SSSR count). The minimum Gasteiger partial charge on any atom is -0.486 e. The van der Waals surface area contributed by atoms with Gasteiger partial charge in [-0.1, -0.05) is 18.5 Å². The predicted molar refractivity (Wildman–Crippen MR) is 121 cm³/mol. The van der Waals surface area contributed by atoms with Crippen molar-refractivity contribution < 1.29 is 9.47 Å². The highest BCUT2D eigenvalue weighted by Gasteiger charge is 2.16. The van der Waals surface area contributed by atoms with Crippen LogP contribution in [-0.2, 0) is 19.4 Å². The lowest BCUT2D eigenvalue weighted by Crippen LogP contribution is -2.37. The van der Waals surface area contributed by atoms with Gasteiger partial charge in [0.1, 0.15) is 13.2 Å². The van der Waals surface area contributed by atoms with Crippen molar-refractivity contribution >= 4 is 52.9 Å². The van der Waals surface area contributed by atoms with E-state index in [2.05, 4.69) is 27.5 Å². The molecule has 2 N–H and O–H groups in total. The maximum Gasteiger partial charge on any atom is 0.191 e. The summed E-state index contributed by atoms with van der Waals surface area (Å²) in [4.78, 5) is 10.0. The van der Waals surface area contributed by atoms with Gasteiger partial charge in [-0.15, -0.1) is 35.3 Å². The summed E-state index contributed by atoms with van der Waals surface area (Å²) in [5.74, 6) is 2.06. The monoisotopic (exact) mass is 522 g/mol. The fourth-order valence-corrected chi connectivity index (χ4v) is 3.74. The second-order valence-electron chi connectivity index (χ2n) is 5.78. The highest BCUT2D eigenvalue weighted by Crippen LogP contribution is 2.38. The summed E-state index contributed by atoms with van der Waals surface area (Å²) in [5, 5.41) is 8.31. The molecule has 2 heterocycles. The number of fused-ring (bicyclic) bond motifs is 1. The second kappa shape index (κ2) is 10.9. The van der Waals surface area contributed by atoms with E-state index in [1.54, 1.807) is 18.4 Å². The van der Waals surface area contributed by atoms with Crippen molar-refractivity contribution in [1.82, 2.24) is 15.6 Å². The Labute approximate surface area is 185 Å². The molecule has 0 saturated heterocycles. The minimum atomic E-state index is 0. The normalized spacial score (nSPS) is 13.1. The molecule has 0 saturated carbocycles. The third kappa shape index (κ3) is 6.11. The van der Waals surface area contributed by atoms with E-state index in [1.807, 2.05) is 18.3 Å². The number of hydrogen-bond acceptors (Lipinski definition) is 5. The van der Waals surface area contributed by atoms with Crippen molar-refractivity contribution in [3.63, 3.8) is 0 Å². The standard InChI is InChI=1S/C18H23ClN4O2S.HI/c1-3-13-11-22-16(26-13)4-5-21-18(20-2)23-10-12-8-14(19)17-15(9-12)24-6-7-25-17;/h8-9,11H,3-7,10H2,1-2H3,(H2,20,21,23);1H. The molecule has 1 aliphatic rings. The number of aromatic nitrogens is 1. The van der Waals surface area contributed by atoms with E-state index in [-0.39, 0.29) is 24.0 Å². The molecule has 0 unspecified atom stereocenters. The lowest BCUT2D eigenvalue weighted by atomic mass is 10.2. The van der Waals surface area contributed by atoms with E-state index in [0.717, 1.165) is 35.9 Å². The molecular formula is C18H24ClIN4O2S. The number of hydrogen-bond donors (Lipinski definition) is 2. The van der Waals surface area contributed by atoms with E-state index in [1.165, 1.54) is 4.88 Å². The Kier molecular flexibility index (Phi) is 8.91. The molecule has 0 spiro atoms. The van der Waals surface area contributed by atoms with E-state index < -0.39 is 0 Å². The molecule has 0 radical (unpaired) electrons. The van der Waals surface area contributed by atoms with Gasteiger partial charge < -0.3 is 20.1 Å². The summed E-state index contributed by atoms with van der Waals surface area (Å²) in [6.45, 7) is 4.58. The number of guanidine groups is 1. The van der Waals surface area contributed by atoms with Gasteiger partial charge in [-0.3, -0.25) is 4.99 Å². The zero-order valence-corrected chi connectivity index (χ0v) is 19.3. The molecule has 27 heavy (non-hydrogen) atoms. The first kappa shape index (κ1) is 22.0. The number of ether oxygens (including phenoxy) is 2. The Morgan fingerprint density at radius 1 is 1.30 bits per heavy atom. The Morgan fingerprint density at radius 3 is 2.85 bits per heavy atom. The number of nitrogens with zero attached hydrogens (tertiary/aromatic N) is 2. The summed E-state index contributed by atoms with van der Waals surface area (Å²) in [6.07, 6.45) is 3.87. The fourth-order valence-electron chi connectivity index (χ4n) is 2.59. The number of aliphatic imine (C=N–C) groups is 1. The first-order valence-corrected chi connectivity index (χ1v) is 9.85. The zero-order valence-electron chi connectivity index (χ0n) is 15.4. The van der Waals surface area contributed by atoms with Crippen molar-refractivity contribution in [3.8, 4) is 11.5 Å².